The van der Waals surface area contributed by atoms with Crippen molar-refractivity contribution in [3.63, 3.8) is 0 Å². The van der Waals surface area contributed by atoms with Crippen LogP contribution in [0.4, 0.5) is 0 Å². The van der Waals surface area contributed by atoms with Crippen LogP contribution < -0.4 is 5.32 Å². The van der Waals surface area contributed by atoms with E-state index in [1.807, 2.05) is 6.08 Å². The summed E-state index contributed by atoms with van der Waals surface area (Å²) in [5.41, 5.74) is 0. The highest BCUT2D eigenvalue weighted by Gasteiger charge is 2.51. The molecular formula is C64H119NO13. The maximum absolute atomic E-state index is 13.3. The largest absolute Gasteiger partial charge is 0.394 e. The molecule has 2 aliphatic rings. The Balaban J connectivity index is 1.68. The summed E-state index contributed by atoms with van der Waals surface area (Å²) in [6.07, 6.45) is 44.9. The van der Waals surface area contributed by atoms with Gasteiger partial charge in [-0.2, -0.15) is 0 Å². The van der Waals surface area contributed by atoms with Gasteiger partial charge in [-0.05, 0) is 44.9 Å². The van der Waals surface area contributed by atoms with Crippen molar-refractivity contribution >= 4 is 5.91 Å². The van der Waals surface area contributed by atoms with Gasteiger partial charge in [0.2, 0.25) is 5.91 Å². The topological polar surface area (TPSA) is 228 Å². The van der Waals surface area contributed by atoms with Gasteiger partial charge in [0, 0.05) is 6.42 Å². The molecule has 0 spiro atoms. The number of unbranched alkanes of at least 4 members (excludes halogenated alkanes) is 35. The molecular weight excluding hydrogens is 991 g/mol. The van der Waals surface area contributed by atoms with E-state index in [1.165, 1.54) is 193 Å². The quantitative estimate of drug-likeness (QED) is 0.0204. The van der Waals surface area contributed by atoms with Crippen LogP contribution in [0.1, 0.15) is 271 Å². The van der Waals surface area contributed by atoms with Gasteiger partial charge in [-0.3, -0.25) is 4.79 Å². The highest BCUT2D eigenvalue weighted by Crippen LogP contribution is 2.30. The second-order valence-corrected chi connectivity index (χ2v) is 22.9. The van der Waals surface area contributed by atoms with Crippen molar-refractivity contribution in [2.45, 2.75) is 344 Å². The monoisotopic (exact) mass is 1110 g/mol. The van der Waals surface area contributed by atoms with Crippen molar-refractivity contribution in [2.24, 2.45) is 0 Å². The molecule has 0 bridgehead atoms. The van der Waals surface area contributed by atoms with Crippen molar-refractivity contribution in [2.75, 3.05) is 19.8 Å². The Kier molecular flexibility index (Phi) is 46.2. The van der Waals surface area contributed by atoms with Gasteiger partial charge in [-0.1, -0.05) is 256 Å². The van der Waals surface area contributed by atoms with E-state index in [0.717, 1.165) is 44.9 Å². The normalized spacial score (nSPS) is 24.7. The van der Waals surface area contributed by atoms with Crippen LogP contribution in [0.15, 0.2) is 36.5 Å². The Hall–Kier alpha value is -1.79. The number of hydrogen-bond acceptors (Lipinski definition) is 13. The molecule has 0 aromatic carbocycles. The average molecular weight is 1110 g/mol. The van der Waals surface area contributed by atoms with Crippen molar-refractivity contribution in [3.8, 4) is 0 Å². The van der Waals surface area contributed by atoms with Gasteiger partial charge in [0.25, 0.3) is 0 Å². The van der Waals surface area contributed by atoms with E-state index in [2.05, 4.69) is 43.5 Å². The highest BCUT2D eigenvalue weighted by atomic mass is 16.7. The van der Waals surface area contributed by atoms with E-state index in [4.69, 9.17) is 18.9 Å². The Morgan fingerprint density at radius 1 is 0.449 bits per heavy atom. The summed E-state index contributed by atoms with van der Waals surface area (Å²) in [6, 6.07) is -0.935. The van der Waals surface area contributed by atoms with E-state index >= 15 is 0 Å². The van der Waals surface area contributed by atoms with Gasteiger partial charge in [0.05, 0.1) is 32.0 Å². The zero-order chi connectivity index (χ0) is 56.7. The highest BCUT2D eigenvalue weighted by molar-refractivity contribution is 5.76. The maximum atomic E-state index is 13.3. The standard InChI is InChI=1S/C64H119NO13/c1-3-5-7-9-11-13-15-17-19-20-21-22-23-24-25-26-27-28-29-30-31-32-34-36-38-40-42-44-46-48-56(69)65-52(53(68)47-45-43-41-39-37-35-33-18-16-14-12-10-8-6-4-2)51-75-63-61(74)59(72)62(55(50-67)77-63)78-64-60(73)58(71)57(70)54(49-66)76-64/h16,18,37,39,45,47,52-55,57-64,66-68,70-74H,3-15,17,19-36,38,40-44,46,48-51H2,1-2H3,(H,65,69)/b18-16+,39-37+,47-45+. The van der Waals surface area contributed by atoms with Crippen LogP contribution in [0.3, 0.4) is 0 Å². The van der Waals surface area contributed by atoms with Crippen LogP contribution in [0, 0.1) is 0 Å². The van der Waals surface area contributed by atoms with Gasteiger partial charge in [-0.15, -0.1) is 0 Å². The van der Waals surface area contributed by atoms with Crippen molar-refractivity contribution in [1.29, 1.82) is 0 Å². The third-order valence-electron chi connectivity index (χ3n) is 15.8. The summed E-state index contributed by atoms with van der Waals surface area (Å²) in [4.78, 5) is 13.3. The molecule has 458 valence electrons. The first kappa shape index (κ1) is 72.3. The molecule has 14 nitrogen and oxygen atoms in total. The minimum Gasteiger partial charge on any atom is -0.394 e. The van der Waals surface area contributed by atoms with Crippen LogP contribution in [-0.2, 0) is 23.7 Å². The zero-order valence-electron chi connectivity index (χ0n) is 49.4. The lowest BCUT2D eigenvalue weighted by Crippen LogP contribution is -2.65. The number of hydrogen-bond donors (Lipinski definition) is 9. The molecule has 2 rings (SSSR count). The number of carbonyl (C=O) groups is 1. The third kappa shape index (κ3) is 34.6. The number of ether oxygens (including phenoxy) is 4. The summed E-state index contributed by atoms with van der Waals surface area (Å²) < 4.78 is 22.8. The Bertz CT molecular complexity index is 1450. The molecule has 0 aliphatic carbocycles. The number of nitrogens with one attached hydrogen (secondary N) is 1. The number of allylic oxidation sites excluding steroid dienone is 5. The lowest BCUT2D eigenvalue weighted by atomic mass is 9.97. The molecule has 2 saturated heterocycles. The molecule has 0 saturated carbocycles. The maximum Gasteiger partial charge on any atom is 0.220 e. The van der Waals surface area contributed by atoms with Crippen molar-refractivity contribution in [3.05, 3.63) is 36.5 Å². The van der Waals surface area contributed by atoms with E-state index < -0.39 is 86.8 Å². The smallest absolute Gasteiger partial charge is 0.220 e. The number of rotatable bonds is 52. The van der Waals surface area contributed by atoms with E-state index in [0.29, 0.717) is 12.8 Å². The van der Waals surface area contributed by atoms with Crippen LogP contribution in [-0.4, -0.2) is 140 Å². The van der Waals surface area contributed by atoms with Gasteiger partial charge < -0.3 is 65.1 Å². The molecule has 14 heteroatoms. The first-order chi connectivity index (χ1) is 38.1. The molecule has 78 heavy (non-hydrogen) atoms. The fourth-order valence-corrected chi connectivity index (χ4v) is 10.6. The molecule has 2 heterocycles. The molecule has 0 radical (unpaired) electrons. The minimum atomic E-state index is -1.79. The Morgan fingerprint density at radius 3 is 1.26 bits per heavy atom. The number of aliphatic hydroxyl groups excluding tert-OH is 8. The Labute approximate surface area is 474 Å². The second kappa shape index (κ2) is 49.8. The third-order valence-corrected chi connectivity index (χ3v) is 15.8. The number of amides is 1. The van der Waals surface area contributed by atoms with Crippen LogP contribution in [0.2, 0.25) is 0 Å². The first-order valence-electron chi connectivity index (χ1n) is 32.2. The van der Waals surface area contributed by atoms with E-state index in [1.54, 1.807) is 6.08 Å². The predicted octanol–water partition coefficient (Wildman–Crippen LogP) is 11.8. The van der Waals surface area contributed by atoms with Gasteiger partial charge >= 0.3 is 0 Å². The average Bonchev–Trinajstić information content (AvgIpc) is 3.48. The molecule has 12 unspecified atom stereocenters. The van der Waals surface area contributed by atoms with Crippen molar-refractivity contribution in [1.82, 2.24) is 5.32 Å². The van der Waals surface area contributed by atoms with Gasteiger partial charge in [0.15, 0.2) is 12.6 Å². The van der Waals surface area contributed by atoms with Crippen molar-refractivity contribution < 1.29 is 64.6 Å². The molecule has 0 aromatic rings. The van der Waals surface area contributed by atoms with Gasteiger partial charge in [0.1, 0.15) is 48.8 Å². The predicted molar refractivity (Wildman–Crippen MR) is 314 cm³/mol. The second-order valence-electron chi connectivity index (χ2n) is 22.9. The van der Waals surface area contributed by atoms with Crippen LogP contribution in [0.25, 0.3) is 0 Å². The molecule has 2 fully saturated rings. The fourth-order valence-electron chi connectivity index (χ4n) is 10.6. The summed E-state index contributed by atoms with van der Waals surface area (Å²) in [6.45, 7) is 2.78. The summed E-state index contributed by atoms with van der Waals surface area (Å²) in [5.74, 6) is -0.249. The SMILES string of the molecule is CCCCCCC/C=C/CC/C=C/CC/C=C/C(O)C(COC1OC(CO)C(OC2OC(CO)C(O)C(O)C2O)C(O)C1O)NC(=O)CCCCCCCCCCCCCCCCCCCCCCCCCCCCCCC. The number of aliphatic hydroxyl groups is 8. The molecule has 12 atom stereocenters. The zero-order valence-corrected chi connectivity index (χ0v) is 49.4. The minimum absolute atomic E-state index is 0.249. The fraction of sp³-hybridized carbons (Fsp3) is 0.891. The Morgan fingerprint density at radius 2 is 0.821 bits per heavy atom. The lowest BCUT2D eigenvalue weighted by molar-refractivity contribution is -0.359. The van der Waals surface area contributed by atoms with Crippen LogP contribution in [0.5, 0.6) is 0 Å². The summed E-state index contributed by atoms with van der Waals surface area (Å²) >= 11 is 0. The summed E-state index contributed by atoms with van der Waals surface area (Å²) in [5, 5.41) is 87.1. The first-order valence-corrected chi connectivity index (χ1v) is 32.2. The molecule has 1 amide bonds. The molecule has 2 aliphatic heterocycles. The molecule has 9 N–H and O–H groups in total. The summed E-state index contributed by atoms with van der Waals surface area (Å²) in [7, 11) is 0. The number of carbonyl (C=O) groups excluding carboxylic acids is 1. The van der Waals surface area contributed by atoms with Crippen LogP contribution >= 0.6 is 0 Å². The van der Waals surface area contributed by atoms with E-state index in [9.17, 15) is 45.6 Å². The molecule has 0 aromatic heterocycles. The lowest BCUT2D eigenvalue weighted by Gasteiger charge is -2.46. The van der Waals surface area contributed by atoms with E-state index in [-0.39, 0.29) is 18.9 Å². The van der Waals surface area contributed by atoms with Gasteiger partial charge in [-0.25, -0.2) is 0 Å².